The van der Waals surface area contributed by atoms with Crippen LogP contribution >= 0.6 is 26.6 Å². The topological polar surface area (TPSA) is 43.4 Å². The Labute approximate surface area is 137 Å². The first-order valence-electron chi connectivity index (χ1n) is 6.20. The number of rotatable bonds is 4. The monoisotopic (exact) mass is 388 g/mol. The van der Waals surface area contributed by atoms with Crippen LogP contribution in [-0.4, -0.2) is 8.42 Å². The number of benzene rings is 2. The van der Waals surface area contributed by atoms with Gasteiger partial charge in [0.15, 0.2) is 0 Å². The van der Waals surface area contributed by atoms with Crippen LogP contribution in [0.3, 0.4) is 0 Å². The van der Waals surface area contributed by atoms with E-state index < -0.39 is 9.05 Å². The van der Waals surface area contributed by atoms with Gasteiger partial charge < -0.3 is 4.74 Å². The molecule has 0 spiro atoms. The van der Waals surface area contributed by atoms with Crippen molar-refractivity contribution in [1.82, 2.24) is 0 Å². The highest BCUT2D eigenvalue weighted by Gasteiger charge is 2.12. The van der Waals surface area contributed by atoms with Crippen molar-refractivity contribution in [1.29, 1.82) is 0 Å². The molecule has 6 heteroatoms. The maximum absolute atomic E-state index is 11.3. The Hall–Kier alpha value is -1.04. The third kappa shape index (κ3) is 4.46. The number of halogens is 2. The summed E-state index contributed by atoms with van der Waals surface area (Å²) in [6.07, 6.45) is 0. The van der Waals surface area contributed by atoms with E-state index in [1.807, 2.05) is 13.8 Å². The highest BCUT2D eigenvalue weighted by atomic mass is 79.9. The van der Waals surface area contributed by atoms with E-state index in [1.165, 1.54) is 23.3 Å². The van der Waals surface area contributed by atoms with Crippen molar-refractivity contribution in [2.45, 2.75) is 25.3 Å². The van der Waals surface area contributed by atoms with Gasteiger partial charge in [-0.1, -0.05) is 29.3 Å². The second-order valence-electron chi connectivity index (χ2n) is 4.81. The smallest absolute Gasteiger partial charge is 0.261 e. The average molecular weight is 390 g/mol. The third-order valence-electron chi connectivity index (χ3n) is 2.86. The molecule has 0 unspecified atom stereocenters. The molecule has 0 N–H and O–H groups in total. The zero-order valence-corrected chi connectivity index (χ0v) is 14.7. The van der Waals surface area contributed by atoms with Crippen molar-refractivity contribution in [2.24, 2.45) is 0 Å². The summed E-state index contributed by atoms with van der Waals surface area (Å²) in [6.45, 7) is 4.48. The Kier molecular flexibility index (Phi) is 4.96. The van der Waals surface area contributed by atoms with Gasteiger partial charge in [0, 0.05) is 10.7 Å². The van der Waals surface area contributed by atoms with Gasteiger partial charge >= 0.3 is 0 Å². The Morgan fingerprint density at radius 3 is 2.24 bits per heavy atom. The van der Waals surface area contributed by atoms with Crippen LogP contribution in [0.2, 0.25) is 0 Å². The van der Waals surface area contributed by atoms with E-state index in [2.05, 4.69) is 34.1 Å². The lowest BCUT2D eigenvalue weighted by Crippen LogP contribution is -1.98. The first-order valence-corrected chi connectivity index (χ1v) is 9.30. The van der Waals surface area contributed by atoms with Gasteiger partial charge in [-0.3, -0.25) is 0 Å². The molecule has 0 heterocycles. The molecule has 0 aliphatic rings. The Bertz CT molecular complexity index is 752. The van der Waals surface area contributed by atoms with E-state index in [1.54, 1.807) is 6.07 Å². The standard InChI is InChI=1S/C15H14BrClO3S/c1-10-5-11(2)7-12(6-10)9-20-15-4-3-13(8-14(15)16)21(17,18)19/h3-8H,9H2,1-2H3. The van der Waals surface area contributed by atoms with Gasteiger partial charge in [-0.2, -0.15) is 0 Å². The molecular formula is C15H14BrClO3S. The minimum atomic E-state index is -3.73. The molecule has 0 radical (unpaired) electrons. The fraction of sp³-hybridized carbons (Fsp3) is 0.200. The lowest BCUT2D eigenvalue weighted by molar-refractivity contribution is 0.304. The highest BCUT2D eigenvalue weighted by Crippen LogP contribution is 2.29. The molecule has 21 heavy (non-hydrogen) atoms. The molecular weight excluding hydrogens is 376 g/mol. The fourth-order valence-electron chi connectivity index (χ4n) is 2.06. The van der Waals surface area contributed by atoms with E-state index in [4.69, 9.17) is 15.4 Å². The van der Waals surface area contributed by atoms with E-state index in [0.717, 1.165) is 5.56 Å². The molecule has 2 aromatic rings. The molecule has 112 valence electrons. The maximum atomic E-state index is 11.3. The van der Waals surface area contributed by atoms with Crippen LogP contribution in [-0.2, 0) is 15.7 Å². The van der Waals surface area contributed by atoms with Crippen LogP contribution in [0.5, 0.6) is 5.75 Å². The van der Waals surface area contributed by atoms with Crippen LogP contribution < -0.4 is 4.74 Å². The van der Waals surface area contributed by atoms with Crippen molar-refractivity contribution in [3.8, 4) is 5.75 Å². The number of hydrogen-bond donors (Lipinski definition) is 0. The number of ether oxygens (including phenoxy) is 1. The molecule has 2 rings (SSSR count). The lowest BCUT2D eigenvalue weighted by Gasteiger charge is -2.10. The van der Waals surface area contributed by atoms with Crippen LogP contribution in [0.25, 0.3) is 0 Å². The van der Waals surface area contributed by atoms with Crippen molar-refractivity contribution < 1.29 is 13.2 Å². The zero-order valence-electron chi connectivity index (χ0n) is 11.6. The first-order chi connectivity index (χ1) is 9.75. The molecule has 0 saturated heterocycles. The lowest BCUT2D eigenvalue weighted by atomic mass is 10.1. The molecule has 3 nitrogen and oxygen atoms in total. The minimum Gasteiger partial charge on any atom is -0.488 e. The van der Waals surface area contributed by atoms with Gasteiger partial charge in [0.2, 0.25) is 0 Å². The number of aryl methyl sites for hydroxylation is 2. The minimum absolute atomic E-state index is 0.0368. The summed E-state index contributed by atoms with van der Waals surface area (Å²) in [4.78, 5) is 0.0368. The van der Waals surface area contributed by atoms with Gasteiger partial charge in [0.1, 0.15) is 12.4 Å². The summed E-state index contributed by atoms with van der Waals surface area (Å²) in [5, 5.41) is 0. The summed E-state index contributed by atoms with van der Waals surface area (Å²) in [7, 11) is 1.57. The molecule has 0 aliphatic heterocycles. The average Bonchev–Trinajstić information content (AvgIpc) is 2.35. The second kappa shape index (κ2) is 6.38. The normalized spacial score (nSPS) is 11.4. The van der Waals surface area contributed by atoms with Gasteiger partial charge in [0.25, 0.3) is 9.05 Å². The van der Waals surface area contributed by atoms with Crippen LogP contribution in [0.4, 0.5) is 0 Å². The Morgan fingerprint density at radius 1 is 1.10 bits per heavy atom. The number of hydrogen-bond acceptors (Lipinski definition) is 3. The van der Waals surface area contributed by atoms with E-state index in [-0.39, 0.29) is 4.90 Å². The van der Waals surface area contributed by atoms with E-state index in [0.29, 0.717) is 16.8 Å². The zero-order chi connectivity index (χ0) is 15.6. The molecule has 0 saturated carbocycles. The predicted octanol–water partition coefficient (Wildman–Crippen LogP) is 4.57. The molecule has 0 fully saturated rings. The maximum Gasteiger partial charge on any atom is 0.261 e. The molecule has 0 amide bonds. The van der Waals surface area contributed by atoms with Gasteiger partial charge in [0.05, 0.1) is 9.37 Å². The summed E-state index contributed by atoms with van der Waals surface area (Å²) >= 11 is 3.29. The van der Waals surface area contributed by atoms with E-state index in [9.17, 15) is 8.42 Å². The summed E-state index contributed by atoms with van der Waals surface area (Å²) in [6, 6.07) is 10.6. The quantitative estimate of drug-likeness (QED) is 0.719. The summed E-state index contributed by atoms with van der Waals surface area (Å²) in [5.41, 5.74) is 3.42. The van der Waals surface area contributed by atoms with Crippen LogP contribution in [0, 0.1) is 13.8 Å². The second-order valence-corrected chi connectivity index (χ2v) is 8.23. The van der Waals surface area contributed by atoms with Crippen molar-refractivity contribution in [3.63, 3.8) is 0 Å². The largest absolute Gasteiger partial charge is 0.488 e. The van der Waals surface area contributed by atoms with Crippen molar-refractivity contribution in [3.05, 3.63) is 57.6 Å². The van der Waals surface area contributed by atoms with Gasteiger partial charge in [-0.25, -0.2) is 8.42 Å². The molecule has 0 aliphatic carbocycles. The van der Waals surface area contributed by atoms with Gasteiger partial charge in [-0.05, 0) is 53.5 Å². The van der Waals surface area contributed by atoms with Crippen molar-refractivity contribution in [2.75, 3.05) is 0 Å². The molecule has 0 bridgehead atoms. The van der Waals surface area contributed by atoms with Gasteiger partial charge in [-0.15, -0.1) is 0 Å². The SMILES string of the molecule is Cc1cc(C)cc(COc2ccc(S(=O)(=O)Cl)cc2Br)c1. The summed E-state index contributed by atoms with van der Waals surface area (Å²) < 4.78 is 28.8. The van der Waals surface area contributed by atoms with Crippen molar-refractivity contribution >= 4 is 35.7 Å². The Morgan fingerprint density at radius 2 is 1.71 bits per heavy atom. The highest BCUT2D eigenvalue weighted by molar-refractivity contribution is 9.10. The Balaban J connectivity index is 2.17. The third-order valence-corrected chi connectivity index (χ3v) is 4.83. The molecule has 2 aromatic carbocycles. The van der Waals surface area contributed by atoms with Crippen LogP contribution in [0.1, 0.15) is 16.7 Å². The molecule has 0 atom stereocenters. The van der Waals surface area contributed by atoms with Crippen LogP contribution in [0.15, 0.2) is 45.8 Å². The summed E-state index contributed by atoms with van der Waals surface area (Å²) in [5.74, 6) is 0.568. The predicted molar refractivity (Wildman–Crippen MR) is 87.4 cm³/mol. The van der Waals surface area contributed by atoms with E-state index >= 15 is 0 Å². The molecule has 0 aromatic heterocycles. The fourth-order valence-corrected chi connectivity index (χ4v) is 3.49. The first kappa shape index (κ1) is 16.3.